The van der Waals surface area contributed by atoms with Crippen molar-refractivity contribution in [2.75, 3.05) is 13.2 Å². The van der Waals surface area contributed by atoms with Crippen LogP contribution in [-0.2, 0) is 19.1 Å². The number of rotatable bonds is 7. The van der Waals surface area contributed by atoms with Crippen molar-refractivity contribution in [1.82, 2.24) is 0 Å². The van der Waals surface area contributed by atoms with Gasteiger partial charge in [0.1, 0.15) is 13.2 Å². The summed E-state index contributed by atoms with van der Waals surface area (Å²) >= 11 is 0. The van der Waals surface area contributed by atoms with Crippen LogP contribution in [0.4, 0.5) is 0 Å². The summed E-state index contributed by atoms with van der Waals surface area (Å²) < 4.78 is 9.75. The summed E-state index contributed by atoms with van der Waals surface area (Å²) in [4.78, 5) is 22.5. The van der Waals surface area contributed by atoms with Crippen LogP contribution in [0.15, 0.2) is 0 Å². The minimum Gasteiger partial charge on any atom is -0.462 e. The van der Waals surface area contributed by atoms with Crippen molar-refractivity contribution in [2.24, 2.45) is 5.41 Å². The zero-order chi connectivity index (χ0) is 13.5. The average Bonchev–Trinajstić information content (AvgIpc) is 2.23. The summed E-state index contributed by atoms with van der Waals surface area (Å²) in [5.41, 5.74) is -0.510. The van der Waals surface area contributed by atoms with Gasteiger partial charge in [0.15, 0.2) is 0 Å². The minimum absolute atomic E-state index is 0.0249. The van der Waals surface area contributed by atoms with E-state index < -0.39 is 17.5 Å². The standard InChI is InChI=1S/C12H22O5/c1-5-12(3,4)11(15)17-7-6-16-10(14)8-9(2)13/h9,13H,5-8H2,1-4H3. The molecule has 5 nitrogen and oxygen atoms in total. The van der Waals surface area contributed by atoms with Gasteiger partial charge < -0.3 is 14.6 Å². The summed E-state index contributed by atoms with van der Waals surface area (Å²) in [6, 6.07) is 0. The van der Waals surface area contributed by atoms with E-state index >= 15 is 0 Å². The van der Waals surface area contributed by atoms with E-state index in [2.05, 4.69) is 0 Å². The molecule has 1 atom stereocenters. The van der Waals surface area contributed by atoms with Crippen molar-refractivity contribution >= 4 is 11.9 Å². The number of aliphatic hydroxyl groups excluding tert-OH is 1. The van der Waals surface area contributed by atoms with Crippen molar-refractivity contribution in [2.45, 2.75) is 46.6 Å². The van der Waals surface area contributed by atoms with Gasteiger partial charge in [0.05, 0.1) is 17.9 Å². The fraction of sp³-hybridized carbons (Fsp3) is 0.833. The molecule has 100 valence electrons. The fourth-order valence-corrected chi connectivity index (χ4v) is 0.930. The fourth-order valence-electron chi connectivity index (χ4n) is 0.930. The molecule has 0 spiro atoms. The normalized spacial score (nSPS) is 13.0. The molecular weight excluding hydrogens is 224 g/mol. The van der Waals surface area contributed by atoms with Crippen LogP contribution in [-0.4, -0.2) is 36.4 Å². The van der Waals surface area contributed by atoms with Crippen LogP contribution in [0.5, 0.6) is 0 Å². The first-order valence-corrected chi connectivity index (χ1v) is 5.80. The second kappa shape index (κ2) is 7.27. The SMILES string of the molecule is CCC(C)(C)C(=O)OCCOC(=O)CC(C)O. The van der Waals surface area contributed by atoms with Crippen molar-refractivity contribution in [3.8, 4) is 0 Å². The smallest absolute Gasteiger partial charge is 0.311 e. The lowest BCUT2D eigenvalue weighted by atomic mass is 9.91. The number of aliphatic hydroxyl groups is 1. The van der Waals surface area contributed by atoms with Crippen LogP contribution in [0.25, 0.3) is 0 Å². The van der Waals surface area contributed by atoms with Gasteiger partial charge in [0, 0.05) is 0 Å². The van der Waals surface area contributed by atoms with Crippen LogP contribution >= 0.6 is 0 Å². The van der Waals surface area contributed by atoms with Gasteiger partial charge in [-0.25, -0.2) is 0 Å². The van der Waals surface area contributed by atoms with Gasteiger partial charge in [-0.05, 0) is 27.2 Å². The van der Waals surface area contributed by atoms with Gasteiger partial charge in [0.25, 0.3) is 0 Å². The number of hydrogen-bond acceptors (Lipinski definition) is 5. The van der Waals surface area contributed by atoms with Gasteiger partial charge in [-0.1, -0.05) is 6.92 Å². The molecule has 0 aliphatic carbocycles. The molecule has 0 heterocycles. The molecule has 0 amide bonds. The zero-order valence-corrected chi connectivity index (χ0v) is 11.0. The zero-order valence-electron chi connectivity index (χ0n) is 11.0. The van der Waals surface area contributed by atoms with Crippen LogP contribution in [0.1, 0.15) is 40.5 Å². The third kappa shape index (κ3) is 6.94. The van der Waals surface area contributed by atoms with E-state index in [0.717, 1.165) is 0 Å². The maximum atomic E-state index is 11.5. The molecule has 0 saturated heterocycles. The summed E-state index contributed by atoms with van der Waals surface area (Å²) in [6.45, 7) is 7.09. The molecule has 0 fully saturated rings. The van der Waals surface area contributed by atoms with E-state index in [1.807, 2.05) is 6.92 Å². The Morgan fingerprint density at radius 3 is 2.24 bits per heavy atom. The van der Waals surface area contributed by atoms with Crippen molar-refractivity contribution in [3.05, 3.63) is 0 Å². The van der Waals surface area contributed by atoms with E-state index in [9.17, 15) is 9.59 Å². The lowest BCUT2D eigenvalue weighted by Crippen LogP contribution is -2.27. The highest BCUT2D eigenvalue weighted by Crippen LogP contribution is 2.21. The Kier molecular flexibility index (Phi) is 6.80. The molecule has 17 heavy (non-hydrogen) atoms. The van der Waals surface area contributed by atoms with Gasteiger partial charge >= 0.3 is 11.9 Å². The molecule has 0 aromatic heterocycles. The van der Waals surface area contributed by atoms with E-state index in [4.69, 9.17) is 14.6 Å². The first-order valence-electron chi connectivity index (χ1n) is 5.80. The van der Waals surface area contributed by atoms with Crippen molar-refractivity contribution in [3.63, 3.8) is 0 Å². The molecule has 0 saturated carbocycles. The largest absolute Gasteiger partial charge is 0.462 e. The van der Waals surface area contributed by atoms with Crippen molar-refractivity contribution in [1.29, 1.82) is 0 Å². The highest BCUT2D eigenvalue weighted by atomic mass is 16.6. The van der Waals surface area contributed by atoms with Gasteiger partial charge in [-0.15, -0.1) is 0 Å². The monoisotopic (exact) mass is 246 g/mol. The van der Waals surface area contributed by atoms with Gasteiger partial charge in [-0.2, -0.15) is 0 Å². The van der Waals surface area contributed by atoms with E-state index in [1.165, 1.54) is 6.92 Å². The lowest BCUT2D eigenvalue weighted by molar-refractivity contribution is -0.159. The predicted octanol–water partition coefficient (Wildman–Crippen LogP) is 1.28. The maximum Gasteiger partial charge on any atom is 0.311 e. The summed E-state index contributed by atoms with van der Waals surface area (Å²) in [5.74, 6) is -0.794. The molecule has 0 aliphatic heterocycles. The van der Waals surface area contributed by atoms with E-state index in [0.29, 0.717) is 6.42 Å². The third-order valence-electron chi connectivity index (χ3n) is 2.48. The molecular formula is C12H22O5. The molecule has 0 rings (SSSR count). The second-order valence-corrected chi connectivity index (χ2v) is 4.65. The first-order chi connectivity index (χ1) is 7.79. The van der Waals surface area contributed by atoms with Crippen LogP contribution in [0.3, 0.4) is 0 Å². The highest BCUT2D eigenvalue weighted by Gasteiger charge is 2.26. The number of hydrogen-bond donors (Lipinski definition) is 1. The van der Waals surface area contributed by atoms with E-state index in [-0.39, 0.29) is 25.6 Å². The second-order valence-electron chi connectivity index (χ2n) is 4.65. The Hall–Kier alpha value is -1.10. The molecule has 5 heteroatoms. The molecule has 0 aliphatic rings. The number of esters is 2. The lowest BCUT2D eigenvalue weighted by Gasteiger charge is -2.20. The molecule has 0 aromatic carbocycles. The number of ether oxygens (including phenoxy) is 2. The minimum atomic E-state index is -0.718. The van der Waals surface area contributed by atoms with Crippen LogP contribution < -0.4 is 0 Å². The Labute approximate surface area is 102 Å². The molecule has 1 N–H and O–H groups in total. The first kappa shape index (κ1) is 15.9. The molecule has 0 aromatic rings. The maximum absolute atomic E-state index is 11.5. The topological polar surface area (TPSA) is 72.8 Å². The molecule has 0 radical (unpaired) electrons. The number of carbonyl (C=O) groups is 2. The number of carbonyl (C=O) groups excluding carboxylic acids is 2. The molecule has 0 bridgehead atoms. The summed E-state index contributed by atoms with van der Waals surface area (Å²) in [7, 11) is 0. The average molecular weight is 246 g/mol. The van der Waals surface area contributed by atoms with Crippen molar-refractivity contribution < 1.29 is 24.2 Å². The van der Waals surface area contributed by atoms with Gasteiger partial charge in [-0.3, -0.25) is 9.59 Å². The Morgan fingerprint density at radius 2 is 1.76 bits per heavy atom. The third-order valence-corrected chi connectivity index (χ3v) is 2.48. The van der Waals surface area contributed by atoms with Crippen LogP contribution in [0.2, 0.25) is 0 Å². The van der Waals surface area contributed by atoms with E-state index in [1.54, 1.807) is 13.8 Å². The Balaban J connectivity index is 3.72. The predicted molar refractivity (Wildman–Crippen MR) is 62.3 cm³/mol. The highest BCUT2D eigenvalue weighted by molar-refractivity contribution is 5.75. The quantitative estimate of drug-likeness (QED) is 0.541. The Morgan fingerprint density at radius 1 is 1.24 bits per heavy atom. The Bertz CT molecular complexity index is 258. The van der Waals surface area contributed by atoms with Crippen LogP contribution in [0, 0.1) is 5.41 Å². The summed E-state index contributed by atoms with van der Waals surface area (Å²) in [6.07, 6.45) is -0.0775. The van der Waals surface area contributed by atoms with Gasteiger partial charge in [0.2, 0.25) is 0 Å². The molecule has 1 unspecified atom stereocenters. The summed E-state index contributed by atoms with van der Waals surface area (Å²) in [5, 5.41) is 8.92.